The molecular formula is C32H49N3O8. The monoisotopic (exact) mass is 603 g/mol. The maximum Gasteiger partial charge on any atom is 0.326 e. The molecule has 0 fully saturated rings. The molecule has 0 saturated heterocycles. The summed E-state index contributed by atoms with van der Waals surface area (Å²) >= 11 is 0. The van der Waals surface area contributed by atoms with Crippen LogP contribution >= 0.6 is 0 Å². The third kappa shape index (κ3) is 15.4. The Morgan fingerprint density at radius 1 is 0.884 bits per heavy atom. The van der Waals surface area contributed by atoms with Gasteiger partial charge in [0.15, 0.2) is 5.78 Å². The summed E-state index contributed by atoms with van der Waals surface area (Å²) in [7, 11) is 0. The maximum atomic E-state index is 13.6. The molecule has 0 radical (unpaired) electrons. The minimum Gasteiger partial charge on any atom is -0.480 e. The van der Waals surface area contributed by atoms with E-state index in [0.29, 0.717) is 19.4 Å². The summed E-state index contributed by atoms with van der Waals surface area (Å²) in [4.78, 5) is 75.2. The Balaban J connectivity index is 3.09. The third-order valence-corrected chi connectivity index (χ3v) is 6.75. The standard InChI is InChI=1S/C32H49N3O8/c1-20(2)28(35-29(39)24(16-21(3)36)14-11-15-33-22(4)37)27(38)18-25(19-43-32(5,6)7)30(40)34-26(31(41)42)17-23-12-9-8-10-13-23/h8-10,12-13,20,24-26,28H,11,14-19H2,1-7H3,(H,33,37)(H,34,40)(H,35,39)(H,41,42)/t24-,25+,26+,28+/m1/s1. The van der Waals surface area contributed by atoms with Gasteiger partial charge in [-0.15, -0.1) is 0 Å². The molecule has 1 rings (SSSR count). The Morgan fingerprint density at radius 2 is 1.49 bits per heavy atom. The van der Waals surface area contributed by atoms with Crippen LogP contribution in [0.5, 0.6) is 0 Å². The summed E-state index contributed by atoms with van der Waals surface area (Å²) in [5, 5.41) is 17.8. The smallest absolute Gasteiger partial charge is 0.326 e. The second-order valence-electron chi connectivity index (χ2n) is 12.3. The van der Waals surface area contributed by atoms with Gasteiger partial charge in [0.2, 0.25) is 17.7 Å². The van der Waals surface area contributed by atoms with E-state index in [1.54, 1.807) is 65.0 Å². The van der Waals surface area contributed by atoms with Crippen molar-refractivity contribution in [2.24, 2.45) is 17.8 Å². The van der Waals surface area contributed by atoms with Crippen LogP contribution in [0.15, 0.2) is 30.3 Å². The minimum absolute atomic E-state index is 0.00659. The molecule has 3 amide bonds. The van der Waals surface area contributed by atoms with Gasteiger partial charge in [0.05, 0.1) is 24.2 Å². The van der Waals surface area contributed by atoms with Crippen LogP contribution < -0.4 is 16.0 Å². The maximum absolute atomic E-state index is 13.6. The first-order valence-corrected chi connectivity index (χ1v) is 14.8. The van der Waals surface area contributed by atoms with Crippen molar-refractivity contribution in [3.8, 4) is 0 Å². The van der Waals surface area contributed by atoms with E-state index in [1.165, 1.54) is 13.8 Å². The molecule has 0 aromatic heterocycles. The number of amides is 3. The van der Waals surface area contributed by atoms with Crippen LogP contribution in [0, 0.1) is 17.8 Å². The summed E-state index contributed by atoms with van der Waals surface area (Å²) in [6, 6.07) is 6.73. The number of aliphatic carboxylic acids is 1. The summed E-state index contributed by atoms with van der Waals surface area (Å²) in [5.41, 5.74) is 0.106. The molecule has 0 saturated carbocycles. The first kappa shape index (κ1) is 37.4. The molecule has 240 valence electrons. The topological polar surface area (TPSA) is 168 Å². The van der Waals surface area contributed by atoms with Gasteiger partial charge in [0, 0.05) is 38.6 Å². The van der Waals surface area contributed by atoms with Crippen LogP contribution in [0.25, 0.3) is 0 Å². The molecule has 1 aromatic rings. The summed E-state index contributed by atoms with van der Waals surface area (Å²) in [5.74, 6) is -5.09. The predicted octanol–water partition coefficient (Wildman–Crippen LogP) is 2.84. The highest BCUT2D eigenvalue weighted by atomic mass is 16.5. The molecule has 0 aliphatic rings. The van der Waals surface area contributed by atoms with Crippen molar-refractivity contribution in [3.05, 3.63) is 35.9 Å². The fourth-order valence-corrected chi connectivity index (χ4v) is 4.46. The Labute approximate surface area is 254 Å². The van der Waals surface area contributed by atoms with Crippen molar-refractivity contribution in [1.82, 2.24) is 16.0 Å². The number of ether oxygens (including phenoxy) is 1. The van der Waals surface area contributed by atoms with Crippen LogP contribution in [-0.4, -0.2) is 71.2 Å². The number of carboxylic acids is 1. The van der Waals surface area contributed by atoms with Crippen molar-refractivity contribution in [2.75, 3.05) is 13.2 Å². The highest BCUT2D eigenvalue weighted by Crippen LogP contribution is 2.19. The Hall–Kier alpha value is -3.60. The van der Waals surface area contributed by atoms with Gasteiger partial charge in [-0.3, -0.25) is 19.2 Å². The van der Waals surface area contributed by atoms with E-state index in [0.717, 1.165) is 5.56 Å². The van der Waals surface area contributed by atoms with Crippen molar-refractivity contribution < 1.29 is 38.6 Å². The second kappa shape index (κ2) is 18.1. The Kier molecular flexibility index (Phi) is 15.8. The van der Waals surface area contributed by atoms with Crippen LogP contribution in [-0.2, 0) is 39.9 Å². The van der Waals surface area contributed by atoms with Gasteiger partial charge in [0.25, 0.3) is 0 Å². The van der Waals surface area contributed by atoms with E-state index in [4.69, 9.17) is 4.74 Å². The molecule has 0 bridgehead atoms. The van der Waals surface area contributed by atoms with Crippen LogP contribution in [0.4, 0.5) is 0 Å². The fourth-order valence-electron chi connectivity index (χ4n) is 4.46. The zero-order chi connectivity index (χ0) is 32.7. The lowest BCUT2D eigenvalue weighted by Gasteiger charge is -2.28. The lowest BCUT2D eigenvalue weighted by molar-refractivity contribution is -0.144. The average Bonchev–Trinajstić information content (AvgIpc) is 2.90. The highest BCUT2D eigenvalue weighted by molar-refractivity contribution is 5.94. The number of ketones is 2. The lowest BCUT2D eigenvalue weighted by Crippen LogP contribution is -2.50. The molecule has 11 heteroatoms. The van der Waals surface area contributed by atoms with E-state index in [1.807, 2.05) is 0 Å². The van der Waals surface area contributed by atoms with Crippen LogP contribution in [0.3, 0.4) is 0 Å². The predicted molar refractivity (Wildman–Crippen MR) is 162 cm³/mol. The summed E-state index contributed by atoms with van der Waals surface area (Å²) in [6.07, 6.45) is 0.585. The van der Waals surface area contributed by atoms with Crippen LogP contribution in [0.1, 0.15) is 79.7 Å². The number of nitrogens with one attached hydrogen (secondary N) is 3. The van der Waals surface area contributed by atoms with Gasteiger partial charge in [-0.1, -0.05) is 44.2 Å². The molecule has 0 aliphatic heterocycles. The van der Waals surface area contributed by atoms with Crippen LogP contribution in [0.2, 0.25) is 0 Å². The fraction of sp³-hybridized carbons (Fsp3) is 0.625. The molecule has 1 aromatic carbocycles. The number of carbonyl (C=O) groups excluding carboxylic acids is 5. The molecule has 43 heavy (non-hydrogen) atoms. The van der Waals surface area contributed by atoms with Crippen molar-refractivity contribution in [2.45, 2.75) is 98.3 Å². The quantitative estimate of drug-likeness (QED) is 0.175. The molecule has 4 N–H and O–H groups in total. The largest absolute Gasteiger partial charge is 0.480 e. The number of rotatable bonds is 19. The SMILES string of the molecule is CC(=O)C[C@@H](CCCNC(C)=O)C(=O)N[C@H](C(=O)C[C@@H](COC(C)(C)C)C(=O)N[C@@H](Cc1ccccc1)C(=O)O)C(C)C. The number of Topliss-reactive ketones (excluding diaryl/α,β-unsaturated/α-hetero) is 2. The highest BCUT2D eigenvalue weighted by Gasteiger charge is 2.34. The van der Waals surface area contributed by atoms with E-state index >= 15 is 0 Å². The van der Waals surface area contributed by atoms with E-state index in [9.17, 15) is 33.9 Å². The lowest BCUT2D eigenvalue weighted by atomic mass is 9.90. The molecular weight excluding hydrogens is 554 g/mol. The van der Waals surface area contributed by atoms with Crippen molar-refractivity contribution in [1.29, 1.82) is 0 Å². The van der Waals surface area contributed by atoms with E-state index < -0.39 is 53.1 Å². The molecule has 0 spiro atoms. The van der Waals surface area contributed by atoms with Gasteiger partial charge in [0.1, 0.15) is 11.8 Å². The van der Waals surface area contributed by atoms with Gasteiger partial charge >= 0.3 is 5.97 Å². The van der Waals surface area contributed by atoms with Gasteiger partial charge < -0.3 is 30.6 Å². The average molecular weight is 604 g/mol. The number of hydrogen-bond donors (Lipinski definition) is 4. The third-order valence-electron chi connectivity index (χ3n) is 6.75. The second-order valence-corrected chi connectivity index (χ2v) is 12.3. The van der Waals surface area contributed by atoms with Gasteiger partial charge in [-0.05, 0) is 52.0 Å². The zero-order valence-electron chi connectivity index (χ0n) is 26.5. The molecule has 0 unspecified atom stereocenters. The van der Waals surface area contributed by atoms with E-state index in [2.05, 4.69) is 16.0 Å². The molecule has 0 aliphatic carbocycles. The van der Waals surface area contributed by atoms with E-state index in [-0.39, 0.29) is 43.5 Å². The summed E-state index contributed by atoms with van der Waals surface area (Å²) in [6.45, 7) is 11.9. The molecule has 11 nitrogen and oxygen atoms in total. The van der Waals surface area contributed by atoms with Crippen molar-refractivity contribution in [3.63, 3.8) is 0 Å². The first-order chi connectivity index (χ1) is 20.0. The zero-order valence-corrected chi connectivity index (χ0v) is 26.5. The number of benzene rings is 1. The number of carboxylic acid groups (broad SMARTS) is 1. The first-order valence-electron chi connectivity index (χ1n) is 14.8. The number of carbonyl (C=O) groups is 6. The van der Waals surface area contributed by atoms with Gasteiger partial charge in [-0.2, -0.15) is 0 Å². The Morgan fingerprint density at radius 3 is 2.00 bits per heavy atom. The van der Waals surface area contributed by atoms with Gasteiger partial charge in [-0.25, -0.2) is 4.79 Å². The normalized spacial score (nSPS) is 14.2. The molecule has 4 atom stereocenters. The minimum atomic E-state index is -1.22. The summed E-state index contributed by atoms with van der Waals surface area (Å²) < 4.78 is 5.83. The molecule has 0 heterocycles. The van der Waals surface area contributed by atoms with Crippen molar-refractivity contribution >= 4 is 35.3 Å². The Bertz CT molecular complexity index is 1100. The number of hydrogen-bond acceptors (Lipinski definition) is 7.